The fourth-order valence-corrected chi connectivity index (χ4v) is 5.00. The van der Waals surface area contributed by atoms with Gasteiger partial charge in [-0.15, -0.1) is 21.5 Å². The molecule has 1 amide bonds. The van der Waals surface area contributed by atoms with Crippen LogP contribution in [-0.4, -0.2) is 52.6 Å². The molecule has 4 rings (SSSR count). The Labute approximate surface area is 194 Å². The zero-order valence-corrected chi connectivity index (χ0v) is 19.6. The van der Waals surface area contributed by atoms with E-state index in [0.717, 1.165) is 37.6 Å². The largest absolute Gasteiger partial charge is 0.467 e. The first-order valence-electron chi connectivity index (χ1n) is 10.3. The molecule has 0 radical (unpaired) electrons. The van der Waals surface area contributed by atoms with Crippen molar-refractivity contribution in [2.45, 2.75) is 31.5 Å². The molecule has 11 heteroatoms. The van der Waals surface area contributed by atoms with Crippen molar-refractivity contribution in [1.82, 2.24) is 14.8 Å². The van der Waals surface area contributed by atoms with E-state index >= 15 is 0 Å². The monoisotopic (exact) mass is 475 g/mol. The van der Waals surface area contributed by atoms with Crippen LogP contribution in [0.4, 0.5) is 11.6 Å². The van der Waals surface area contributed by atoms with E-state index in [0.29, 0.717) is 28.2 Å². The van der Waals surface area contributed by atoms with Crippen LogP contribution in [-0.2, 0) is 16.1 Å². The molecule has 170 valence electrons. The second-order valence-corrected chi connectivity index (χ2v) is 9.47. The number of carbonyl (C=O) groups excluding carboxylic acids is 2. The van der Waals surface area contributed by atoms with Gasteiger partial charge in [0.15, 0.2) is 5.16 Å². The Kier molecular flexibility index (Phi) is 7.15. The lowest BCUT2D eigenvalue weighted by Crippen LogP contribution is -2.35. The fraction of sp³-hybridized carbons (Fsp3) is 0.429. The van der Waals surface area contributed by atoms with E-state index in [1.165, 1.54) is 30.2 Å². The van der Waals surface area contributed by atoms with Gasteiger partial charge in [0.25, 0.3) is 0 Å². The highest BCUT2D eigenvalue weighted by Gasteiger charge is 2.24. The summed E-state index contributed by atoms with van der Waals surface area (Å²) in [6.07, 6.45) is 3.87. The first-order chi connectivity index (χ1) is 15.5. The summed E-state index contributed by atoms with van der Waals surface area (Å²) in [4.78, 5) is 27.0. The van der Waals surface area contributed by atoms with E-state index in [4.69, 9.17) is 9.15 Å². The van der Waals surface area contributed by atoms with Crippen molar-refractivity contribution in [3.63, 3.8) is 0 Å². The number of piperidine rings is 1. The molecule has 0 atom stereocenters. The van der Waals surface area contributed by atoms with Gasteiger partial charge in [-0.1, -0.05) is 18.7 Å². The van der Waals surface area contributed by atoms with Gasteiger partial charge in [0.05, 0.1) is 31.4 Å². The summed E-state index contributed by atoms with van der Waals surface area (Å²) in [5, 5.41) is 14.0. The van der Waals surface area contributed by atoms with E-state index in [-0.39, 0.29) is 11.7 Å². The highest BCUT2D eigenvalue weighted by molar-refractivity contribution is 7.99. The predicted octanol–water partition coefficient (Wildman–Crippen LogP) is 3.73. The predicted molar refractivity (Wildman–Crippen MR) is 123 cm³/mol. The number of rotatable bonds is 8. The minimum atomic E-state index is -0.471. The van der Waals surface area contributed by atoms with Crippen molar-refractivity contribution < 1.29 is 18.7 Å². The first kappa shape index (κ1) is 22.4. The zero-order valence-electron chi connectivity index (χ0n) is 17.9. The van der Waals surface area contributed by atoms with Gasteiger partial charge in [-0.05, 0) is 42.3 Å². The van der Waals surface area contributed by atoms with Crippen LogP contribution in [0.25, 0.3) is 0 Å². The molecule has 0 aliphatic carbocycles. The van der Waals surface area contributed by atoms with Gasteiger partial charge in [0.2, 0.25) is 11.9 Å². The number of esters is 1. The summed E-state index contributed by atoms with van der Waals surface area (Å²) in [5.74, 6) is 1.72. The second-order valence-electron chi connectivity index (χ2n) is 7.61. The zero-order chi connectivity index (χ0) is 22.5. The summed E-state index contributed by atoms with van der Waals surface area (Å²) in [7, 11) is 1.32. The molecule has 0 spiro atoms. The molecule has 9 nitrogen and oxygen atoms in total. The van der Waals surface area contributed by atoms with Crippen LogP contribution < -0.4 is 10.2 Å². The van der Waals surface area contributed by atoms with Crippen LogP contribution in [0.3, 0.4) is 0 Å². The fourth-order valence-electron chi connectivity index (χ4n) is 3.50. The Bertz CT molecular complexity index is 1050. The lowest BCUT2D eigenvalue weighted by molar-refractivity contribution is -0.113. The number of nitrogens with one attached hydrogen (secondary N) is 1. The van der Waals surface area contributed by atoms with E-state index in [1.54, 1.807) is 17.7 Å². The minimum absolute atomic E-state index is 0.129. The van der Waals surface area contributed by atoms with Gasteiger partial charge in [0.1, 0.15) is 10.6 Å². The average Bonchev–Trinajstić information content (AvgIpc) is 3.55. The van der Waals surface area contributed by atoms with Crippen LogP contribution >= 0.6 is 23.1 Å². The molecular weight excluding hydrogens is 450 g/mol. The summed E-state index contributed by atoms with van der Waals surface area (Å²) < 4.78 is 12.3. The second kappa shape index (κ2) is 10.2. The van der Waals surface area contributed by atoms with Crippen LogP contribution in [0.2, 0.25) is 0 Å². The van der Waals surface area contributed by atoms with Crippen LogP contribution in [0.1, 0.15) is 35.2 Å². The highest BCUT2D eigenvalue weighted by Crippen LogP contribution is 2.28. The van der Waals surface area contributed by atoms with Gasteiger partial charge >= 0.3 is 5.97 Å². The van der Waals surface area contributed by atoms with Crippen LogP contribution in [0.5, 0.6) is 0 Å². The standard InChI is InChI=1S/C21H25N5O4S2/c1-14-5-8-25(9-6-14)20-23-24-21(26(20)12-15-4-3-10-30-15)32-13-17(27)22-16-7-11-31-18(16)19(28)29-2/h3-4,7,10-11,14H,5-6,8-9,12-13H2,1-2H3,(H,22,27). The van der Waals surface area contributed by atoms with E-state index in [9.17, 15) is 9.59 Å². The Hall–Kier alpha value is -2.79. The van der Waals surface area contributed by atoms with Crippen molar-refractivity contribution in [3.05, 3.63) is 40.5 Å². The maximum absolute atomic E-state index is 12.6. The average molecular weight is 476 g/mol. The number of methoxy groups -OCH3 is 1. The molecule has 1 saturated heterocycles. The number of ether oxygens (including phenoxy) is 1. The van der Waals surface area contributed by atoms with Crippen molar-refractivity contribution in [3.8, 4) is 0 Å². The number of thioether (sulfide) groups is 1. The van der Waals surface area contributed by atoms with Gasteiger partial charge in [-0.2, -0.15) is 0 Å². The van der Waals surface area contributed by atoms with E-state index < -0.39 is 5.97 Å². The molecular formula is C21H25N5O4S2. The number of aromatic nitrogens is 3. The summed E-state index contributed by atoms with van der Waals surface area (Å²) in [5.41, 5.74) is 0.452. The topological polar surface area (TPSA) is 102 Å². The Balaban J connectivity index is 1.46. The van der Waals surface area contributed by atoms with E-state index in [1.807, 2.05) is 16.7 Å². The SMILES string of the molecule is COC(=O)c1sccc1NC(=O)CSc1nnc(N2CCC(C)CC2)n1Cc1ccco1. The Morgan fingerprint density at radius 3 is 2.84 bits per heavy atom. The molecule has 1 aliphatic heterocycles. The summed E-state index contributed by atoms with van der Waals surface area (Å²) in [6.45, 7) is 4.61. The highest BCUT2D eigenvalue weighted by atomic mass is 32.2. The maximum atomic E-state index is 12.6. The number of carbonyl (C=O) groups is 2. The molecule has 0 saturated carbocycles. The number of hydrogen-bond acceptors (Lipinski definition) is 9. The number of nitrogens with zero attached hydrogens (tertiary/aromatic N) is 4. The molecule has 1 aliphatic rings. The Morgan fingerprint density at radius 1 is 1.31 bits per heavy atom. The summed E-state index contributed by atoms with van der Waals surface area (Å²) >= 11 is 2.52. The molecule has 4 heterocycles. The molecule has 3 aromatic rings. The van der Waals surface area contributed by atoms with Crippen LogP contribution in [0, 0.1) is 5.92 Å². The van der Waals surface area contributed by atoms with Crippen LogP contribution in [0.15, 0.2) is 39.4 Å². The molecule has 3 aromatic heterocycles. The van der Waals surface area contributed by atoms with Crippen molar-refractivity contribution in [1.29, 1.82) is 0 Å². The van der Waals surface area contributed by atoms with Crippen molar-refractivity contribution >= 4 is 46.6 Å². The number of anilines is 2. The maximum Gasteiger partial charge on any atom is 0.350 e. The lowest BCUT2D eigenvalue weighted by Gasteiger charge is -2.31. The minimum Gasteiger partial charge on any atom is -0.467 e. The number of amides is 1. The Morgan fingerprint density at radius 2 is 2.12 bits per heavy atom. The van der Waals surface area contributed by atoms with Gasteiger partial charge in [-0.25, -0.2) is 4.79 Å². The quantitative estimate of drug-likeness (QED) is 0.388. The van der Waals surface area contributed by atoms with Gasteiger partial charge in [-0.3, -0.25) is 9.36 Å². The number of hydrogen-bond donors (Lipinski definition) is 1. The lowest BCUT2D eigenvalue weighted by atomic mass is 10.00. The van der Waals surface area contributed by atoms with Gasteiger partial charge < -0.3 is 19.4 Å². The van der Waals surface area contributed by atoms with Crippen molar-refractivity contribution in [2.75, 3.05) is 36.2 Å². The van der Waals surface area contributed by atoms with E-state index in [2.05, 4.69) is 27.3 Å². The third kappa shape index (κ3) is 5.16. The third-order valence-corrected chi connectivity index (χ3v) is 7.16. The molecule has 1 fully saturated rings. The smallest absolute Gasteiger partial charge is 0.350 e. The molecule has 0 bridgehead atoms. The van der Waals surface area contributed by atoms with Gasteiger partial charge in [0, 0.05) is 13.1 Å². The molecule has 0 aromatic carbocycles. The van der Waals surface area contributed by atoms with Crippen molar-refractivity contribution in [2.24, 2.45) is 5.92 Å². The number of furan rings is 1. The molecule has 0 unspecified atom stereocenters. The normalized spacial score (nSPS) is 14.5. The molecule has 32 heavy (non-hydrogen) atoms. The number of thiophene rings is 1. The summed E-state index contributed by atoms with van der Waals surface area (Å²) in [6, 6.07) is 5.45. The third-order valence-electron chi connectivity index (χ3n) is 5.30. The molecule has 1 N–H and O–H groups in total. The first-order valence-corrected chi connectivity index (χ1v) is 12.2.